The van der Waals surface area contributed by atoms with Crippen LogP contribution in [0.5, 0.6) is 5.75 Å². The zero-order valence-corrected chi connectivity index (χ0v) is 15.1. The van der Waals surface area contributed by atoms with Gasteiger partial charge in [-0.15, -0.1) is 0 Å². The standard InChI is InChI=1S/C17H21N3O2.C2H6/c1-4-11-5-6-13-12(7-8-14(22-3)17(13)18-11)16-10(2)9-15(21)19-20-16;1-2/h5-8,10,16,20H,4,9H2,1-3H3,(H,19,21);1-2H3. The van der Waals surface area contributed by atoms with Crippen LogP contribution in [0.25, 0.3) is 10.9 Å². The third kappa shape index (κ3) is 3.51. The Morgan fingerprint density at radius 1 is 1.25 bits per heavy atom. The number of fused-ring (bicyclic) bond motifs is 1. The Morgan fingerprint density at radius 2 is 2.00 bits per heavy atom. The molecule has 2 aromatic rings. The van der Waals surface area contributed by atoms with Crippen LogP contribution in [-0.2, 0) is 11.2 Å². The molecule has 0 aliphatic carbocycles. The van der Waals surface area contributed by atoms with E-state index in [2.05, 4.69) is 42.9 Å². The highest BCUT2D eigenvalue weighted by atomic mass is 16.5. The highest BCUT2D eigenvalue weighted by Crippen LogP contribution is 2.35. The van der Waals surface area contributed by atoms with E-state index in [1.807, 2.05) is 19.9 Å². The van der Waals surface area contributed by atoms with Gasteiger partial charge in [-0.1, -0.05) is 39.8 Å². The first kappa shape index (κ1) is 18.2. The van der Waals surface area contributed by atoms with Crippen molar-refractivity contribution >= 4 is 16.8 Å². The second-order valence-corrected chi connectivity index (χ2v) is 5.76. The summed E-state index contributed by atoms with van der Waals surface area (Å²) in [7, 11) is 1.66. The first-order chi connectivity index (χ1) is 11.6. The van der Waals surface area contributed by atoms with E-state index >= 15 is 0 Å². The van der Waals surface area contributed by atoms with E-state index in [0.29, 0.717) is 6.42 Å². The van der Waals surface area contributed by atoms with E-state index in [4.69, 9.17) is 9.72 Å². The number of carbonyl (C=O) groups excluding carboxylic acids is 1. The van der Waals surface area contributed by atoms with Gasteiger partial charge in [-0.3, -0.25) is 10.2 Å². The number of nitrogens with zero attached hydrogens (tertiary/aromatic N) is 1. The van der Waals surface area contributed by atoms with Crippen molar-refractivity contribution < 1.29 is 9.53 Å². The molecule has 24 heavy (non-hydrogen) atoms. The summed E-state index contributed by atoms with van der Waals surface area (Å²) < 4.78 is 5.46. The molecular weight excluding hydrogens is 302 g/mol. The topological polar surface area (TPSA) is 63.2 Å². The normalized spacial score (nSPS) is 20.1. The number of methoxy groups -OCH3 is 1. The van der Waals surface area contributed by atoms with E-state index in [1.54, 1.807) is 7.11 Å². The molecule has 2 N–H and O–H groups in total. The molecule has 5 nitrogen and oxygen atoms in total. The Hall–Kier alpha value is -2.14. The summed E-state index contributed by atoms with van der Waals surface area (Å²) >= 11 is 0. The van der Waals surface area contributed by atoms with Gasteiger partial charge in [-0.25, -0.2) is 10.4 Å². The van der Waals surface area contributed by atoms with E-state index < -0.39 is 0 Å². The number of ether oxygens (including phenoxy) is 1. The molecule has 2 heterocycles. The first-order valence-electron chi connectivity index (χ1n) is 8.65. The van der Waals surface area contributed by atoms with Gasteiger partial charge in [-0.2, -0.15) is 0 Å². The van der Waals surface area contributed by atoms with Gasteiger partial charge in [0.15, 0.2) is 0 Å². The molecule has 1 saturated heterocycles. The molecule has 1 aromatic carbocycles. The van der Waals surface area contributed by atoms with Crippen molar-refractivity contribution in [2.24, 2.45) is 5.92 Å². The van der Waals surface area contributed by atoms with Crippen LogP contribution in [0.1, 0.15) is 51.4 Å². The SMILES string of the molecule is CC.CCc1ccc2c(C3NNC(=O)CC3C)ccc(OC)c2n1. The number of benzene rings is 1. The smallest absolute Gasteiger partial charge is 0.234 e. The number of nitrogens with one attached hydrogen (secondary N) is 2. The van der Waals surface area contributed by atoms with Crippen LogP contribution in [0, 0.1) is 5.92 Å². The van der Waals surface area contributed by atoms with Crippen LogP contribution in [-0.4, -0.2) is 18.0 Å². The molecule has 1 fully saturated rings. The number of hydrazine groups is 1. The molecule has 5 heteroatoms. The van der Waals surface area contributed by atoms with Crippen LogP contribution >= 0.6 is 0 Å². The monoisotopic (exact) mass is 329 g/mol. The number of hydrogen-bond donors (Lipinski definition) is 2. The number of rotatable bonds is 3. The maximum Gasteiger partial charge on any atom is 0.234 e. The van der Waals surface area contributed by atoms with E-state index in [1.165, 1.54) is 0 Å². The van der Waals surface area contributed by atoms with Crippen LogP contribution in [0.15, 0.2) is 24.3 Å². The molecule has 0 spiro atoms. The van der Waals surface area contributed by atoms with Crippen molar-refractivity contribution in [3.8, 4) is 5.75 Å². The Labute approximate surface area is 143 Å². The Bertz CT molecular complexity index is 715. The van der Waals surface area contributed by atoms with Gasteiger partial charge >= 0.3 is 0 Å². The van der Waals surface area contributed by atoms with Gasteiger partial charge in [0, 0.05) is 17.5 Å². The zero-order chi connectivity index (χ0) is 17.7. The quantitative estimate of drug-likeness (QED) is 0.904. The Kier molecular flexibility index (Phi) is 6.15. The molecule has 1 aromatic heterocycles. The lowest BCUT2D eigenvalue weighted by Gasteiger charge is -2.31. The lowest BCUT2D eigenvalue weighted by Crippen LogP contribution is -2.48. The number of carbonyl (C=O) groups is 1. The predicted molar refractivity (Wildman–Crippen MR) is 96.8 cm³/mol. The third-order valence-electron chi connectivity index (χ3n) is 4.27. The number of aryl methyl sites for hydroxylation is 1. The summed E-state index contributed by atoms with van der Waals surface area (Å²) in [6.45, 7) is 8.17. The molecule has 1 amide bonds. The zero-order valence-electron chi connectivity index (χ0n) is 15.1. The van der Waals surface area contributed by atoms with E-state index in [-0.39, 0.29) is 17.9 Å². The molecule has 0 radical (unpaired) electrons. The maximum atomic E-state index is 11.5. The fraction of sp³-hybridized carbons (Fsp3) is 0.474. The fourth-order valence-electron chi connectivity index (χ4n) is 3.03. The van der Waals surface area contributed by atoms with Crippen molar-refractivity contribution in [2.75, 3.05) is 7.11 Å². The lowest BCUT2D eigenvalue weighted by atomic mass is 9.88. The largest absolute Gasteiger partial charge is 0.494 e. The van der Waals surface area contributed by atoms with Gasteiger partial charge in [0.05, 0.1) is 13.2 Å². The highest BCUT2D eigenvalue weighted by molar-refractivity contribution is 5.88. The van der Waals surface area contributed by atoms with Crippen molar-refractivity contribution in [1.82, 2.24) is 15.8 Å². The van der Waals surface area contributed by atoms with Gasteiger partial charge in [0.1, 0.15) is 11.3 Å². The molecule has 0 saturated carbocycles. The maximum absolute atomic E-state index is 11.5. The number of amides is 1. The van der Waals surface area contributed by atoms with Crippen LogP contribution in [0.3, 0.4) is 0 Å². The first-order valence-corrected chi connectivity index (χ1v) is 8.65. The second kappa shape index (κ2) is 8.11. The van der Waals surface area contributed by atoms with Gasteiger partial charge in [-0.05, 0) is 30.0 Å². The van der Waals surface area contributed by atoms with E-state index in [0.717, 1.165) is 34.3 Å². The minimum absolute atomic E-state index is 0.0351. The van der Waals surface area contributed by atoms with Gasteiger partial charge in [0.25, 0.3) is 0 Å². The minimum atomic E-state index is 0.0351. The van der Waals surface area contributed by atoms with Crippen LogP contribution in [0.4, 0.5) is 0 Å². The second-order valence-electron chi connectivity index (χ2n) is 5.76. The summed E-state index contributed by atoms with van der Waals surface area (Å²) in [5, 5.41) is 1.07. The third-order valence-corrected chi connectivity index (χ3v) is 4.27. The van der Waals surface area contributed by atoms with Crippen molar-refractivity contribution in [3.63, 3.8) is 0 Å². The average Bonchev–Trinajstić information content (AvgIpc) is 2.62. The molecule has 130 valence electrons. The molecular formula is C19H27N3O2. The molecule has 2 unspecified atom stereocenters. The van der Waals surface area contributed by atoms with Crippen LogP contribution < -0.4 is 15.6 Å². The number of hydrogen-bond acceptors (Lipinski definition) is 4. The van der Waals surface area contributed by atoms with Crippen molar-refractivity contribution in [2.45, 2.75) is 46.6 Å². The summed E-state index contributed by atoms with van der Waals surface area (Å²) in [5.41, 5.74) is 8.92. The summed E-state index contributed by atoms with van der Waals surface area (Å²) in [6.07, 6.45) is 1.41. The van der Waals surface area contributed by atoms with Crippen molar-refractivity contribution in [3.05, 3.63) is 35.5 Å². The molecule has 1 aliphatic rings. The van der Waals surface area contributed by atoms with Gasteiger partial charge in [0.2, 0.25) is 5.91 Å². The molecule has 0 bridgehead atoms. The molecule has 2 atom stereocenters. The summed E-state index contributed by atoms with van der Waals surface area (Å²) in [4.78, 5) is 16.2. The summed E-state index contributed by atoms with van der Waals surface area (Å²) in [6, 6.07) is 8.23. The Balaban J connectivity index is 0.00000100. The van der Waals surface area contributed by atoms with Crippen LogP contribution in [0.2, 0.25) is 0 Å². The Morgan fingerprint density at radius 3 is 2.62 bits per heavy atom. The average molecular weight is 329 g/mol. The molecule has 3 rings (SSSR count). The number of pyridine rings is 1. The number of aromatic nitrogens is 1. The fourth-order valence-corrected chi connectivity index (χ4v) is 3.03. The lowest BCUT2D eigenvalue weighted by molar-refractivity contribution is -0.125. The molecule has 1 aliphatic heterocycles. The van der Waals surface area contributed by atoms with E-state index in [9.17, 15) is 4.79 Å². The van der Waals surface area contributed by atoms with Crippen molar-refractivity contribution in [1.29, 1.82) is 0 Å². The minimum Gasteiger partial charge on any atom is -0.494 e. The van der Waals surface area contributed by atoms with Gasteiger partial charge < -0.3 is 4.74 Å². The summed E-state index contributed by atoms with van der Waals surface area (Å²) in [5.74, 6) is 1.03. The highest BCUT2D eigenvalue weighted by Gasteiger charge is 2.28. The predicted octanol–water partition coefficient (Wildman–Crippen LogP) is 3.53.